The van der Waals surface area contributed by atoms with Crippen molar-refractivity contribution in [3.05, 3.63) is 46.0 Å². The van der Waals surface area contributed by atoms with Gasteiger partial charge in [-0.25, -0.2) is 4.79 Å². The van der Waals surface area contributed by atoms with Crippen molar-refractivity contribution in [2.75, 3.05) is 26.7 Å². The van der Waals surface area contributed by atoms with Crippen molar-refractivity contribution in [3.63, 3.8) is 0 Å². The number of carbonyl (C=O) groups excluding carboxylic acids is 1. The van der Waals surface area contributed by atoms with Crippen LogP contribution in [0.2, 0.25) is 0 Å². The minimum atomic E-state index is -0.124. The van der Waals surface area contributed by atoms with Gasteiger partial charge in [0.05, 0.1) is 0 Å². The lowest BCUT2D eigenvalue weighted by atomic mass is 10.1. The molecule has 0 fully saturated rings. The number of benzene rings is 1. The topological polar surface area (TPSA) is 44.4 Å². The second kappa shape index (κ2) is 7.45. The van der Waals surface area contributed by atoms with Gasteiger partial charge in [-0.3, -0.25) is 0 Å². The zero-order valence-electron chi connectivity index (χ0n) is 11.7. The minimum Gasteiger partial charge on any atom is -0.334 e. The fourth-order valence-corrected chi connectivity index (χ4v) is 2.47. The Labute approximate surface area is 128 Å². The van der Waals surface area contributed by atoms with Crippen molar-refractivity contribution in [1.29, 1.82) is 0 Å². The van der Waals surface area contributed by atoms with E-state index >= 15 is 0 Å². The molecule has 1 aliphatic rings. The molecule has 1 aromatic rings. The Morgan fingerprint density at radius 1 is 1.30 bits per heavy atom. The quantitative estimate of drug-likeness (QED) is 0.829. The molecular weight excluding hydrogens is 318 g/mol. The summed E-state index contributed by atoms with van der Waals surface area (Å²) in [6, 6.07) is 7.76. The van der Waals surface area contributed by atoms with Gasteiger partial charge in [-0.15, -0.1) is 0 Å². The predicted octanol–water partition coefficient (Wildman–Crippen LogP) is 2.51. The molecule has 4 nitrogen and oxygen atoms in total. The lowest BCUT2D eigenvalue weighted by molar-refractivity contribution is 0.241. The van der Waals surface area contributed by atoms with Crippen LogP contribution in [0.3, 0.4) is 0 Å². The summed E-state index contributed by atoms with van der Waals surface area (Å²) < 4.78 is 1.01. The number of urea groups is 1. The Balaban J connectivity index is 1.72. The first kappa shape index (κ1) is 15.1. The van der Waals surface area contributed by atoms with Gasteiger partial charge in [0.15, 0.2) is 0 Å². The van der Waals surface area contributed by atoms with Crippen LogP contribution >= 0.6 is 15.9 Å². The lowest BCUT2D eigenvalue weighted by Gasteiger charge is -2.22. The summed E-state index contributed by atoms with van der Waals surface area (Å²) in [6.07, 6.45) is 3.22. The van der Waals surface area contributed by atoms with Gasteiger partial charge in [0, 0.05) is 30.7 Å². The first-order valence-corrected chi connectivity index (χ1v) is 7.56. The zero-order valence-corrected chi connectivity index (χ0v) is 13.2. The molecule has 1 aliphatic heterocycles. The van der Waals surface area contributed by atoms with Crippen molar-refractivity contribution < 1.29 is 4.79 Å². The number of rotatable bonds is 4. The summed E-state index contributed by atoms with van der Waals surface area (Å²) in [6.45, 7) is 3.19. The van der Waals surface area contributed by atoms with E-state index in [9.17, 15) is 4.79 Å². The molecule has 5 heteroatoms. The average molecular weight is 338 g/mol. The maximum Gasteiger partial charge on any atom is 0.315 e. The fourth-order valence-electron chi connectivity index (χ4n) is 2.05. The molecule has 2 N–H and O–H groups in total. The van der Waals surface area contributed by atoms with E-state index in [1.165, 1.54) is 5.57 Å². The molecular formula is C15H20BrN3O. The smallest absolute Gasteiger partial charge is 0.315 e. The van der Waals surface area contributed by atoms with Crippen LogP contribution in [0.1, 0.15) is 12.0 Å². The Morgan fingerprint density at radius 3 is 2.75 bits per heavy atom. The third kappa shape index (κ3) is 4.65. The van der Waals surface area contributed by atoms with Gasteiger partial charge in [0.25, 0.3) is 0 Å². The summed E-state index contributed by atoms with van der Waals surface area (Å²) >= 11 is 3.47. The van der Waals surface area contributed by atoms with Crippen LogP contribution in [0, 0.1) is 0 Å². The van der Waals surface area contributed by atoms with Crippen LogP contribution in [0.15, 0.2) is 40.4 Å². The van der Waals surface area contributed by atoms with Crippen LogP contribution in [0.25, 0.3) is 0 Å². The Morgan fingerprint density at radius 2 is 2.05 bits per heavy atom. The molecule has 0 unspecified atom stereocenters. The third-order valence-electron chi connectivity index (χ3n) is 3.38. The van der Waals surface area contributed by atoms with Crippen molar-refractivity contribution in [1.82, 2.24) is 15.5 Å². The molecule has 0 saturated heterocycles. The summed E-state index contributed by atoms with van der Waals surface area (Å²) in [5, 5.41) is 5.78. The summed E-state index contributed by atoms with van der Waals surface area (Å²) in [4.78, 5) is 14.0. The van der Waals surface area contributed by atoms with E-state index in [0.717, 1.165) is 29.5 Å². The van der Waals surface area contributed by atoms with Crippen molar-refractivity contribution in [3.8, 4) is 0 Å². The Kier molecular flexibility index (Phi) is 5.61. The molecule has 0 spiro atoms. The number of halogens is 1. The Hall–Kier alpha value is -1.33. The van der Waals surface area contributed by atoms with E-state index in [-0.39, 0.29) is 6.03 Å². The van der Waals surface area contributed by atoms with E-state index < -0.39 is 0 Å². The van der Waals surface area contributed by atoms with Gasteiger partial charge in [0.1, 0.15) is 0 Å². The highest BCUT2D eigenvalue weighted by atomic mass is 79.9. The highest BCUT2D eigenvalue weighted by Gasteiger charge is 2.09. The fraction of sp³-hybridized carbons (Fsp3) is 0.400. The summed E-state index contributed by atoms with van der Waals surface area (Å²) in [5.41, 5.74) is 2.38. The summed E-state index contributed by atoms with van der Waals surface area (Å²) in [7, 11) is 2.10. The Bertz CT molecular complexity index is 502. The highest BCUT2D eigenvalue weighted by Crippen LogP contribution is 2.15. The standard InChI is InChI=1S/C15H20BrN3O/c1-19-8-6-12(7-9-19)10-17-15(20)18-11-13-4-2-3-5-14(13)16/h2-6H,7-11H2,1H3,(H2,17,18,20). The van der Waals surface area contributed by atoms with Gasteiger partial charge < -0.3 is 15.5 Å². The highest BCUT2D eigenvalue weighted by molar-refractivity contribution is 9.10. The van der Waals surface area contributed by atoms with E-state index in [0.29, 0.717) is 13.1 Å². The number of nitrogens with zero attached hydrogens (tertiary/aromatic N) is 1. The van der Waals surface area contributed by atoms with Gasteiger partial charge in [0.2, 0.25) is 0 Å². The van der Waals surface area contributed by atoms with Crippen molar-refractivity contribution in [2.24, 2.45) is 0 Å². The first-order valence-electron chi connectivity index (χ1n) is 6.76. The molecule has 2 rings (SSSR count). The molecule has 1 aromatic carbocycles. The van der Waals surface area contributed by atoms with Crippen molar-refractivity contribution in [2.45, 2.75) is 13.0 Å². The van der Waals surface area contributed by atoms with Crippen LogP contribution in [0.5, 0.6) is 0 Å². The molecule has 0 aromatic heterocycles. The molecule has 2 amide bonds. The second-order valence-corrected chi connectivity index (χ2v) is 5.86. The molecule has 0 atom stereocenters. The molecule has 0 bridgehead atoms. The van der Waals surface area contributed by atoms with E-state index in [1.54, 1.807) is 0 Å². The summed E-state index contributed by atoms with van der Waals surface area (Å²) in [5.74, 6) is 0. The second-order valence-electron chi connectivity index (χ2n) is 5.00. The van der Waals surface area contributed by atoms with E-state index in [4.69, 9.17) is 0 Å². The van der Waals surface area contributed by atoms with Crippen molar-refractivity contribution >= 4 is 22.0 Å². The molecule has 0 radical (unpaired) electrons. The van der Waals surface area contributed by atoms with Gasteiger partial charge in [-0.2, -0.15) is 0 Å². The van der Waals surface area contributed by atoms with Gasteiger partial charge in [-0.1, -0.05) is 45.8 Å². The van der Waals surface area contributed by atoms with E-state index in [1.807, 2.05) is 24.3 Å². The molecule has 1 heterocycles. The number of amides is 2. The molecule has 20 heavy (non-hydrogen) atoms. The van der Waals surface area contributed by atoms with Crippen LogP contribution in [-0.4, -0.2) is 37.6 Å². The average Bonchev–Trinajstić information content (AvgIpc) is 2.46. The number of hydrogen-bond acceptors (Lipinski definition) is 2. The number of hydrogen-bond donors (Lipinski definition) is 2. The molecule has 0 saturated carbocycles. The number of likely N-dealkylation sites (N-methyl/N-ethyl adjacent to an activating group) is 1. The SMILES string of the molecule is CN1CC=C(CNC(=O)NCc2ccccc2Br)CC1. The number of carbonyl (C=O) groups is 1. The van der Waals surface area contributed by atoms with E-state index in [2.05, 4.69) is 44.6 Å². The maximum absolute atomic E-state index is 11.8. The van der Waals surface area contributed by atoms with Gasteiger partial charge in [-0.05, 0) is 25.1 Å². The predicted molar refractivity (Wildman–Crippen MR) is 84.6 cm³/mol. The maximum atomic E-state index is 11.8. The lowest BCUT2D eigenvalue weighted by Crippen LogP contribution is -2.37. The minimum absolute atomic E-state index is 0.124. The molecule has 108 valence electrons. The first-order chi connectivity index (χ1) is 9.65. The van der Waals surface area contributed by atoms with Crippen LogP contribution < -0.4 is 10.6 Å². The largest absolute Gasteiger partial charge is 0.334 e. The third-order valence-corrected chi connectivity index (χ3v) is 4.15. The molecule has 0 aliphatic carbocycles. The number of nitrogens with one attached hydrogen (secondary N) is 2. The normalized spacial score (nSPS) is 15.6. The monoisotopic (exact) mass is 337 g/mol. The van der Waals surface area contributed by atoms with Crippen LogP contribution in [-0.2, 0) is 6.54 Å². The van der Waals surface area contributed by atoms with Crippen LogP contribution in [0.4, 0.5) is 4.79 Å². The zero-order chi connectivity index (χ0) is 14.4. The van der Waals surface area contributed by atoms with Gasteiger partial charge >= 0.3 is 6.03 Å².